The van der Waals surface area contributed by atoms with E-state index in [0.29, 0.717) is 6.54 Å². The van der Waals surface area contributed by atoms with Gasteiger partial charge in [-0.15, -0.1) is 0 Å². The molecule has 0 aliphatic heterocycles. The van der Waals surface area contributed by atoms with Crippen molar-refractivity contribution in [1.29, 1.82) is 0 Å². The molecule has 0 aromatic carbocycles. The zero-order valence-electron chi connectivity index (χ0n) is 8.67. The minimum atomic E-state index is -4.28. The molecular weight excluding hydrogens is 207 g/mol. The number of alkyl halides is 3. The standard InChI is InChI=1S/C9H14F3N3/c1-3-13-8(9(10,11)12)7-5-14-15(4-2)6-7/h5-6,8,13H,3-4H2,1-2H3. The van der Waals surface area contributed by atoms with E-state index in [1.165, 1.54) is 17.1 Å². The molecule has 0 saturated carbocycles. The van der Waals surface area contributed by atoms with E-state index in [9.17, 15) is 13.2 Å². The van der Waals surface area contributed by atoms with Gasteiger partial charge in [-0.05, 0) is 13.5 Å². The van der Waals surface area contributed by atoms with E-state index >= 15 is 0 Å². The van der Waals surface area contributed by atoms with Gasteiger partial charge in [0.1, 0.15) is 6.04 Å². The van der Waals surface area contributed by atoms with Crippen LogP contribution in [-0.2, 0) is 6.54 Å². The molecule has 0 saturated heterocycles. The first-order chi connectivity index (χ1) is 6.99. The molecule has 1 unspecified atom stereocenters. The van der Waals surface area contributed by atoms with Gasteiger partial charge in [-0.3, -0.25) is 4.68 Å². The van der Waals surface area contributed by atoms with Crippen molar-refractivity contribution in [1.82, 2.24) is 15.1 Å². The molecule has 0 bridgehead atoms. The maximum absolute atomic E-state index is 12.6. The lowest BCUT2D eigenvalue weighted by Gasteiger charge is -2.19. The summed E-state index contributed by atoms with van der Waals surface area (Å²) in [7, 11) is 0. The zero-order valence-corrected chi connectivity index (χ0v) is 8.67. The fourth-order valence-corrected chi connectivity index (χ4v) is 1.33. The number of hydrogen-bond donors (Lipinski definition) is 1. The van der Waals surface area contributed by atoms with Crippen LogP contribution in [0.3, 0.4) is 0 Å². The van der Waals surface area contributed by atoms with E-state index in [4.69, 9.17) is 0 Å². The van der Waals surface area contributed by atoms with Crippen LogP contribution in [0.1, 0.15) is 25.5 Å². The Morgan fingerprint density at radius 2 is 2.13 bits per heavy atom. The Morgan fingerprint density at radius 1 is 1.47 bits per heavy atom. The van der Waals surface area contributed by atoms with Gasteiger partial charge < -0.3 is 5.32 Å². The van der Waals surface area contributed by atoms with Crippen LogP contribution >= 0.6 is 0 Å². The Balaban J connectivity index is 2.88. The maximum atomic E-state index is 12.6. The van der Waals surface area contributed by atoms with E-state index in [1.54, 1.807) is 6.92 Å². The van der Waals surface area contributed by atoms with Crippen molar-refractivity contribution in [2.24, 2.45) is 0 Å². The number of nitrogens with zero attached hydrogens (tertiary/aromatic N) is 2. The highest BCUT2D eigenvalue weighted by atomic mass is 19.4. The molecular formula is C9H14F3N3. The van der Waals surface area contributed by atoms with Crippen molar-refractivity contribution < 1.29 is 13.2 Å². The molecule has 6 heteroatoms. The number of aryl methyl sites for hydroxylation is 1. The SMILES string of the molecule is CCNC(c1cnn(CC)c1)C(F)(F)F. The fourth-order valence-electron chi connectivity index (χ4n) is 1.33. The number of rotatable bonds is 4. The minimum absolute atomic E-state index is 0.159. The quantitative estimate of drug-likeness (QED) is 0.844. The third kappa shape index (κ3) is 2.95. The molecule has 0 radical (unpaired) electrons. The fraction of sp³-hybridized carbons (Fsp3) is 0.667. The second-order valence-corrected chi connectivity index (χ2v) is 3.16. The predicted molar refractivity (Wildman–Crippen MR) is 50.4 cm³/mol. The van der Waals surface area contributed by atoms with Crippen molar-refractivity contribution in [3.8, 4) is 0 Å². The molecule has 1 atom stereocenters. The van der Waals surface area contributed by atoms with Gasteiger partial charge in [0, 0.05) is 18.3 Å². The minimum Gasteiger partial charge on any atom is -0.303 e. The van der Waals surface area contributed by atoms with Gasteiger partial charge in [-0.1, -0.05) is 6.92 Å². The van der Waals surface area contributed by atoms with Crippen LogP contribution in [0.5, 0.6) is 0 Å². The van der Waals surface area contributed by atoms with Crippen LogP contribution in [-0.4, -0.2) is 22.5 Å². The Bertz CT molecular complexity index is 306. The van der Waals surface area contributed by atoms with Gasteiger partial charge in [0.2, 0.25) is 0 Å². The third-order valence-electron chi connectivity index (χ3n) is 2.05. The molecule has 86 valence electrons. The van der Waals surface area contributed by atoms with Crippen LogP contribution in [0.25, 0.3) is 0 Å². The first-order valence-electron chi connectivity index (χ1n) is 4.81. The molecule has 0 aliphatic carbocycles. The Labute approximate surface area is 86.3 Å². The average molecular weight is 221 g/mol. The predicted octanol–water partition coefficient (Wildman–Crippen LogP) is 2.12. The lowest BCUT2D eigenvalue weighted by Crippen LogP contribution is -2.33. The molecule has 0 fully saturated rings. The van der Waals surface area contributed by atoms with Crippen molar-refractivity contribution in [2.45, 2.75) is 32.6 Å². The summed E-state index contributed by atoms with van der Waals surface area (Å²) in [5, 5.41) is 6.23. The van der Waals surface area contributed by atoms with Crippen molar-refractivity contribution >= 4 is 0 Å². The third-order valence-corrected chi connectivity index (χ3v) is 2.05. The van der Waals surface area contributed by atoms with Crippen molar-refractivity contribution in [3.05, 3.63) is 18.0 Å². The van der Waals surface area contributed by atoms with E-state index in [1.807, 2.05) is 6.92 Å². The summed E-state index contributed by atoms with van der Waals surface area (Å²) in [5.41, 5.74) is 0.159. The van der Waals surface area contributed by atoms with E-state index < -0.39 is 12.2 Å². The van der Waals surface area contributed by atoms with Gasteiger partial charge >= 0.3 is 6.18 Å². The molecule has 0 spiro atoms. The summed E-state index contributed by atoms with van der Waals surface area (Å²) in [4.78, 5) is 0. The summed E-state index contributed by atoms with van der Waals surface area (Å²) in [6.07, 6.45) is -1.61. The zero-order chi connectivity index (χ0) is 11.5. The van der Waals surface area contributed by atoms with Gasteiger partial charge in [0.15, 0.2) is 0 Å². The number of hydrogen-bond acceptors (Lipinski definition) is 2. The second kappa shape index (κ2) is 4.65. The summed E-state index contributed by atoms with van der Waals surface area (Å²) < 4.78 is 39.3. The highest BCUT2D eigenvalue weighted by Gasteiger charge is 2.40. The van der Waals surface area contributed by atoms with Crippen LogP contribution in [0.15, 0.2) is 12.4 Å². The molecule has 15 heavy (non-hydrogen) atoms. The average Bonchev–Trinajstić information content (AvgIpc) is 2.60. The highest BCUT2D eigenvalue weighted by Crippen LogP contribution is 2.32. The summed E-state index contributed by atoms with van der Waals surface area (Å²) >= 11 is 0. The van der Waals surface area contributed by atoms with Gasteiger partial charge in [0.25, 0.3) is 0 Å². The summed E-state index contributed by atoms with van der Waals surface area (Å²) in [5.74, 6) is 0. The van der Waals surface area contributed by atoms with E-state index in [2.05, 4.69) is 10.4 Å². The van der Waals surface area contributed by atoms with Crippen LogP contribution in [0, 0.1) is 0 Å². The summed E-state index contributed by atoms with van der Waals surface area (Å²) in [6.45, 7) is 4.30. The van der Waals surface area contributed by atoms with Gasteiger partial charge in [-0.2, -0.15) is 18.3 Å². The second-order valence-electron chi connectivity index (χ2n) is 3.16. The number of nitrogens with one attached hydrogen (secondary N) is 1. The Kier molecular flexibility index (Phi) is 3.73. The lowest BCUT2D eigenvalue weighted by molar-refractivity contribution is -0.157. The van der Waals surface area contributed by atoms with Crippen molar-refractivity contribution in [3.63, 3.8) is 0 Å². The highest BCUT2D eigenvalue weighted by molar-refractivity contribution is 5.12. The normalized spacial score (nSPS) is 14.2. The van der Waals surface area contributed by atoms with E-state index in [0.717, 1.165) is 0 Å². The molecule has 1 rings (SSSR count). The van der Waals surface area contributed by atoms with E-state index in [-0.39, 0.29) is 12.1 Å². The maximum Gasteiger partial charge on any atom is 0.408 e. The monoisotopic (exact) mass is 221 g/mol. The van der Waals surface area contributed by atoms with Crippen molar-refractivity contribution in [2.75, 3.05) is 6.54 Å². The van der Waals surface area contributed by atoms with Crippen LogP contribution in [0.2, 0.25) is 0 Å². The molecule has 1 aromatic heterocycles. The van der Waals surface area contributed by atoms with Gasteiger partial charge in [-0.25, -0.2) is 0 Å². The van der Waals surface area contributed by atoms with Crippen LogP contribution in [0.4, 0.5) is 13.2 Å². The molecule has 1 heterocycles. The lowest BCUT2D eigenvalue weighted by atomic mass is 10.1. The molecule has 1 aromatic rings. The van der Waals surface area contributed by atoms with Gasteiger partial charge in [0.05, 0.1) is 6.20 Å². The Morgan fingerprint density at radius 3 is 2.53 bits per heavy atom. The molecule has 0 amide bonds. The Hall–Kier alpha value is -1.04. The first-order valence-corrected chi connectivity index (χ1v) is 4.81. The number of halogens is 3. The number of aromatic nitrogens is 2. The molecule has 0 aliphatic rings. The topological polar surface area (TPSA) is 29.9 Å². The molecule has 1 N–H and O–H groups in total. The summed E-state index contributed by atoms with van der Waals surface area (Å²) in [6, 6.07) is -1.62. The largest absolute Gasteiger partial charge is 0.408 e. The smallest absolute Gasteiger partial charge is 0.303 e. The van der Waals surface area contributed by atoms with Crippen LogP contribution < -0.4 is 5.32 Å². The molecule has 3 nitrogen and oxygen atoms in total. The first kappa shape index (κ1) is 12.0.